The van der Waals surface area contributed by atoms with Gasteiger partial charge in [-0.1, -0.05) is 34.1 Å². The van der Waals surface area contributed by atoms with E-state index in [1.807, 2.05) is 6.07 Å². The van der Waals surface area contributed by atoms with Crippen LogP contribution in [0.2, 0.25) is 0 Å². The fourth-order valence-corrected chi connectivity index (χ4v) is 2.27. The van der Waals surface area contributed by atoms with Crippen LogP contribution in [0.4, 0.5) is 5.82 Å². The lowest BCUT2D eigenvalue weighted by Crippen LogP contribution is -2.22. The summed E-state index contributed by atoms with van der Waals surface area (Å²) in [6, 6.07) is 1.89. The average molecular weight is 307 g/mol. The summed E-state index contributed by atoms with van der Waals surface area (Å²) in [7, 11) is 0. The molecule has 1 unspecified atom stereocenters. The van der Waals surface area contributed by atoms with E-state index in [1.165, 1.54) is 0 Å². The summed E-state index contributed by atoms with van der Waals surface area (Å²) >= 11 is 0. The number of aromatic nitrogens is 2. The highest BCUT2D eigenvalue weighted by atomic mass is 16.5. The first-order valence-corrected chi connectivity index (χ1v) is 8.37. The van der Waals surface area contributed by atoms with E-state index in [0.29, 0.717) is 12.5 Å². The summed E-state index contributed by atoms with van der Waals surface area (Å²) < 4.78 is 11.4. The van der Waals surface area contributed by atoms with Gasteiger partial charge in [0.1, 0.15) is 11.6 Å². The van der Waals surface area contributed by atoms with Crippen molar-refractivity contribution in [1.82, 2.24) is 9.97 Å². The third-order valence-corrected chi connectivity index (χ3v) is 3.66. The quantitative estimate of drug-likeness (QED) is 0.781. The Morgan fingerprint density at radius 1 is 1.36 bits per heavy atom. The maximum Gasteiger partial charge on any atom is 0.218 e. The Morgan fingerprint density at radius 2 is 2.18 bits per heavy atom. The fourth-order valence-electron chi connectivity index (χ4n) is 2.27. The molecule has 0 saturated carbocycles. The van der Waals surface area contributed by atoms with Crippen LogP contribution in [0, 0.1) is 0 Å². The van der Waals surface area contributed by atoms with Crippen molar-refractivity contribution >= 4 is 5.82 Å². The van der Waals surface area contributed by atoms with Gasteiger partial charge in [-0.3, -0.25) is 0 Å². The summed E-state index contributed by atoms with van der Waals surface area (Å²) in [5.41, 5.74) is -0.107. The third-order valence-electron chi connectivity index (χ3n) is 3.66. The second-order valence-electron chi connectivity index (χ2n) is 6.88. The van der Waals surface area contributed by atoms with Gasteiger partial charge in [0.05, 0.1) is 12.7 Å². The zero-order valence-electron chi connectivity index (χ0n) is 14.3. The smallest absolute Gasteiger partial charge is 0.218 e. The van der Waals surface area contributed by atoms with Crippen LogP contribution in [0.5, 0.6) is 5.88 Å². The molecule has 124 valence electrons. The van der Waals surface area contributed by atoms with E-state index in [-0.39, 0.29) is 11.5 Å². The van der Waals surface area contributed by atoms with Crippen LogP contribution in [-0.2, 0) is 10.2 Å². The lowest BCUT2D eigenvalue weighted by atomic mass is 9.96. The first-order chi connectivity index (χ1) is 10.5. The topological polar surface area (TPSA) is 56.3 Å². The molecule has 0 spiro atoms. The third kappa shape index (κ3) is 5.13. The molecule has 1 aromatic rings. The Morgan fingerprint density at radius 3 is 2.82 bits per heavy atom. The van der Waals surface area contributed by atoms with Crippen LogP contribution < -0.4 is 10.1 Å². The van der Waals surface area contributed by atoms with E-state index in [9.17, 15) is 0 Å². The molecule has 22 heavy (non-hydrogen) atoms. The highest BCUT2D eigenvalue weighted by Crippen LogP contribution is 2.24. The number of unbranched alkanes of at least 4 members (excludes halogenated alkanes) is 1. The molecule has 5 nitrogen and oxygen atoms in total. The molecule has 1 N–H and O–H groups in total. The van der Waals surface area contributed by atoms with Gasteiger partial charge in [0.15, 0.2) is 0 Å². The lowest BCUT2D eigenvalue weighted by molar-refractivity contribution is 0.120. The monoisotopic (exact) mass is 307 g/mol. The van der Waals surface area contributed by atoms with Crippen molar-refractivity contribution in [3.05, 3.63) is 11.9 Å². The van der Waals surface area contributed by atoms with Crippen LogP contribution in [0.15, 0.2) is 6.07 Å². The molecular weight excluding hydrogens is 278 g/mol. The predicted molar refractivity (Wildman–Crippen MR) is 88.6 cm³/mol. The Labute approximate surface area is 133 Å². The second kappa shape index (κ2) is 7.77. The SMILES string of the molecule is CCCCOc1cc(NCC2CCCO2)nc(C(C)(C)C)n1. The lowest BCUT2D eigenvalue weighted by Gasteiger charge is -2.19. The van der Waals surface area contributed by atoms with Crippen LogP contribution in [0.25, 0.3) is 0 Å². The number of hydrogen-bond acceptors (Lipinski definition) is 5. The van der Waals surface area contributed by atoms with E-state index in [2.05, 4.69) is 43.0 Å². The number of hydrogen-bond donors (Lipinski definition) is 1. The van der Waals surface area contributed by atoms with Gasteiger partial charge in [0.2, 0.25) is 5.88 Å². The van der Waals surface area contributed by atoms with Crippen molar-refractivity contribution in [3.63, 3.8) is 0 Å². The Balaban J connectivity index is 2.06. The van der Waals surface area contributed by atoms with Crippen molar-refractivity contribution in [2.45, 2.75) is 64.9 Å². The first kappa shape index (κ1) is 17.0. The van der Waals surface area contributed by atoms with E-state index in [0.717, 1.165) is 50.5 Å². The molecule has 1 atom stereocenters. The minimum absolute atomic E-state index is 0.107. The molecule has 1 aliphatic rings. The molecular formula is C17H29N3O2. The van der Waals surface area contributed by atoms with Crippen molar-refractivity contribution < 1.29 is 9.47 Å². The van der Waals surface area contributed by atoms with Gasteiger partial charge in [-0.05, 0) is 19.3 Å². The van der Waals surface area contributed by atoms with E-state index in [1.54, 1.807) is 0 Å². The summed E-state index contributed by atoms with van der Waals surface area (Å²) in [5.74, 6) is 2.28. The minimum Gasteiger partial charge on any atom is -0.478 e. The van der Waals surface area contributed by atoms with E-state index in [4.69, 9.17) is 9.47 Å². The zero-order valence-corrected chi connectivity index (χ0v) is 14.3. The van der Waals surface area contributed by atoms with Crippen LogP contribution >= 0.6 is 0 Å². The molecule has 0 amide bonds. The molecule has 0 radical (unpaired) electrons. The molecule has 1 fully saturated rings. The number of ether oxygens (including phenoxy) is 2. The summed E-state index contributed by atoms with van der Waals surface area (Å²) in [6.07, 6.45) is 4.70. The largest absolute Gasteiger partial charge is 0.478 e. The second-order valence-corrected chi connectivity index (χ2v) is 6.88. The van der Waals surface area contributed by atoms with Gasteiger partial charge in [0, 0.05) is 24.6 Å². The predicted octanol–water partition coefficient (Wildman–Crippen LogP) is 3.54. The number of rotatable bonds is 7. The van der Waals surface area contributed by atoms with E-state index < -0.39 is 0 Å². The van der Waals surface area contributed by atoms with Gasteiger partial charge < -0.3 is 14.8 Å². The fraction of sp³-hybridized carbons (Fsp3) is 0.765. The standard InChI is InChI=1S/C17H29N3O2/c1-5-6-9-22-15-11-14(18-12-13-8-7-10-21-13)19-16(20-15)17(2,3)4/h11,13H,5-10,12H2,1-4H3,(H,18,19,20). The van der Waals surface area contributed by atoms with Gasteiger partial charge in [-0.2, -0.15) is 4.98 Å². The molecule has 1 aromatic heterocycles. The van der Waals surface area contributed by atoms with Crippen molar-refractivity contribution in [2.75, 3.05) is 25.1 Å². The minimum atomic E-state index is -0.107. The molecule has 1 saturated heterocycles. The molecule has 1 aliphatic heterocycles. The highest BCUT2D eigenvalue weighted by Gasteiger charge is 2.20. The summed E-state index contributed by atoms with van der Waals surface area (Å²) in [5, 5.41) is 3.37. The maximum atomic E-state index is 5.77. The van der Waals surface area contributed by atoms with Crippen molar-refractivity contribution in [3.8, 4) is 5.88 Å². The van der Waals surface area contributed by atoms with Crippen LogP contribution in [-0.4, -0.2) is 35.8 Å². The summed E-state index contributed by atoms with van der Waals surface area (Å²) in [4.78, 5) is 9.19. The number of nitrogens with zero attached hydrogens (tertiary/aromatic N) is 2. The van der Waals surface area contributed by atoms with Crippen LogP contribution in [0.3, 0.4) is 0 Å². The first-order valence-electron chi connectivity index (χ1n) is 8.37. The molecule has 2 rings (SSSR count). The molecule has 0 aliphatic carbocycles. The summed E-state index contributed by atoms with van der Waals surface area (Å²) in [6.45, 7) is 10.8. The average Bonchev–Trinajstić information content (AvgIpc) is 2.98. The van der Waals surface area contributed by atoms with E-state index >= 15 is 0 Å². The van der Waals surface area contributed by atoms with Gasteiger partial charge in [-0.25, -0.2) is 4.98 Å². The highest BCUT2D eigenvalue weighted by molar-refractivity contribution is 5.39. The Hall–Kier alpha value is -1.36. The number of anilines is 1. The Kier molecular flexibility index (Phi) is 6.00. The normalized spacial score (nSPS) is 18.5. The van der Waals surface area contributed by atoms with Crippen molar-refractivity contribution in [1.29, 1.82) is 0 Å². The van der Waals surface area contributed by atoms with Crippen molar-refractivity contribution in [2.24, 2.45) is 0 Å². The number of nitrogens with one attached hydrogen (secondary N) is 1. The van der Waals surface area contributed by atoms with Crippen LogP contribution in [0.1, 0.15) is 59.2 Å². The van der Waals surface area contributed by atoms with Gasteiger partial charge in [-0.15, -0.1) is 0 Å². The molecule has 5 heteroatoms. The molecule has 2 heterocycles. The Bertz CT molecular complexity index is 465. The van der Waals surface area contributed by atoms with Gasteiger partial charge in [0.25, 0.3) is 0 Å². The molecule has 0 bridgehead atoms. The van der Waals surface area contributed by atoms with Gasteiger partial charge >= 0.3 is 0 Å². The molecule has 0 aromatic carbocycles. The maximum absolute atomic E-state index is 5.77. The zero-order chi connectivity index (χ0) is 16.0.